The minimum atomic E-state index is -0.676. The third-order valence-corrected chi connectivity index (χ3v) is 8.69. The van der Waals surface area contributed by atoms with E-state index >= 15 is 0 Å². The number of ether oxygens (including phenoxy) is 3. The Morgan fingerprint density at radius 3 is 2.58 bits per heavy atom. The van der Waals surface area contributed by atoms with Crippen LogP contribution in [0.1, 0.15) is 52.9 Å². The lowest BCUT2D eigenvalue weighted by atomic mass is 10.1. The number of ketones is 1. The molecular formula is C30H36ClN5O6S. The maximum atomic E-state index is 13.1. The van der Waals surface area contributed by atoms with Gasteiger partial charge in [-0.3, -0.25) is 9.59 Å². The number of pyridine rings is 1. The van der Waals surface area contributed by atoms with E-state index in [0.29, 0.717) is 45.2 Å². The number of alkyl carbamates (subject to hydrolysis) is 1. The van der Waals surface area contributed by atoms with Crippen LogP contribution in [-0.2, 0) is 14.3 Å². The van der Waals surface area contributed by atoms with Crippen molar-refractivity contribution in [1.29, 1.82) is 0 Å². The predicted molar refractivity (Wildman–Crippen MR) is 165 cm³/mol. The van der Waals surface area contributed by atoms with Crippen LogP contribution in [0.4, 0.5) is 9.93 Å². The number of thiazole rings is 1. The number of carbonyl (C=O) groups is 3. The Morgan fingerprint density at radius 1 is 1.12 bits per heavy atom. The number of carbonyl (C=O) groups excluding carboxylic acids is 3. The van der Waals surface area contributed by atoms with E-state index in [1.54, 1.807) is 12.1 Å². The van der Waals surface area contributed by atoms with Crippen molar-refractivity contribution < 1.29 is 28.6 Å². The molecule has 0 radical (unpaired) electrons. The highest BCUT2D eigenvalue weighted by atomic mass is 35.5. The number of anilines is 1. The number of halogens is 1. The molecule has 43 heavy (non-hydrogen) atoms. The molecule has 1 unspecified atom stereocenters. The summed E-state index contributed by atoms with van der Waals surface area (Å²) in [5.74, 6) is 0.429. The number of aromatic nitrogens is 2. The van der Waals surface area contributed by atoms with Crippen molar-refractivity contribution in [3.8, 4) is 22.9 Å². The van der Waals surface area contributed by atoms with E-state index in [1.165, 1.54) is 30.3 Å². The molecule has 2 aromatic heterocycles. The summed E-state index contributed by atoms with van der Waals surface area (Å²) in [6.07, 6.45) is 2.80. The van der Waals surface area contributed by atoms with Gasteiger partial charge in [-0.05, 0) is 58.6 Å². The third kappa shape index (κ3) is 7.13. The molecule has 11 nitrogen and oxygen atoms in total. The van der Waals surface area contributed by atoms with Crippen molar-refractivity contribution in [1.82, 2.24) is 20.2 Å². The molecule has 0 bridgehead atoms. The maximum Gasteiger partial charge on any atom is 0.407 e. The molecule has 1 aliphatic carbocycles. The van der Waals surface area contributed by atoms with Crippen molar-refractivity contribution in [2.24, 2.45) is 0 Å². The molecule has 1 saturated carbocycles. The topological polar surface area (TPSA) is 132 Å². The van der Waals surface area contributed by atoms with Crippen LogP contribution < -0.4 is 20.1 Å². The number of nitrogens with zero attached hydrogens (tertiary/aromatic N) is 3. The number of rotatable bonds is 10. The van der Waals surface area contributed by atoms with Crippen LogP contribution in [0.2, 0.25) is 5.02 Å². The molecule has 3 heterocycles. The van der Waals surface area contributed by atoms with Gasteiger partial charge in [0.2, 0.25) is 5.91 Å². The zero-order valence-electron chi connectivity index (χ0n) is 24.6. The maximum absolute atomic E-state index is 13.1. The number of methoxy groups -OCH3 is 1. The van der Waals surface area contributed by atoms with Crippen molar-refractivity contribution >= 4 is 56.8 Å². The van der Waals surface area contributed by atoms with E-state index < -0.39 is 18.2 Å². The first-order valence-electron chi connectivity index (χ1n) is 14.4. The average molecular weight is 630 g/mol. The Morgan fingerprint density at radius 2 is 1.88 bits per heavy atom. The minimum absolute atomic E-state index is 0.111. The standard InChI is InChI=1S/C30H36ClN5O6S/c1-16(2)33-29-35-22(15-43-29)21-12-25(20-9-10-24(40-4)27(31)28(20)34-21)41-19-11-23(17(3)37)36(14-19)26(38)13-32-30(39)42-18-7-5-6-8-18/h9-10,12,15-16,18-19,23H,5-8,11,13-14H2,1-4H3,(H,32,39)(H,33,35)/t19?,23-/m0/s1. The van der Waals surface area contributed by atoms with Gasteiger partial charge in [0.05, 0.1) is 30.9 Å². The lowest BCUT2D eigenvalue weighted by molar-refractivity contribution is -0.136. The third-order valence-electron chi connectivity index (χ3n) is 7.55. The fourth-order valence-corrected chi connectivity index (χ4v) is 6.61. The molecule has 2 aliphatic rings. The van der Waals surface area contributed by atoms with Gasteiger partial charge in [0, 0.05) is 29.3 Å². The molecule has 5 rings (SSSR count). The van der Waals surface area contributed by atoms with Gasteiger partial charge in [-0.15, -0.1) is 11.3 Å². The molecule has 2 amide bonds. The number of amides is 2. The molecule has 1 saturated heterocycles. The fourth-order valence-electron chi connectivity index (χ4n) is 5.47. The van der Waals surface area contributed by atoms with E-state index in [9.17, 15) is 14.4 Å². The molecule has 230 valence electrons. The first-order valence-corrected chi connectivity index (χ1v) is 15.7. The second-order valence-corrected chi connectivity index (χ2v) is 12.4. The summed E-state index contributed by atoms with van der Waals surface area (Å²) < 4.78 is 17.3. The van der Waals surface area contributed by atoms with Gasteiger partial charge >= 0.3 is 6.09 Å². The number of benzene rings is 1. The number of likely N-dealkylation sites (tertiary alicyclic amines) is 1. The molecule has 1 aliphatic heterocycles. The Balaban J connectivity index is 1.37. The number of Topliss-reactive ketones (excluding diaryl/α,β-unsaturated/α-hetero) is 1. The first kappa shape index (κ1) is 30.8. The Bertz CT molecular complexity index is 1510. The quantitative estimate of drug-likeness (QED) is 0.301. The SMILES string of the molecule is COc1ccc2c(OC3C[C@@H](C(C)=O)N(C(=O)CNC(=O)OC4CCCC4)C3)cc(-c3csc(NC(C)C)n3)nc2c1Cl. The number of hydrogen-bond donors (Lipinski definition) is 2. The molecule has 2 fully saturated rings. The summed E-state index contributed by atoms with van der Waals surface area (Å²) in [6, 6.07) is 4.90. The van der Waals surface area contributed by atoms with E-state index in [-0.39, 0.29) is 36.9 Å². The highest BCUT2D eigenvalue weighted by Crippen LogP contribution is 2.39. The van der Waals surface area contributed by atoms with Crippen LogP contribution in [0, 0.1) is 0 Å². The van der Waals surface area contributed by atoms with Crippen molar-refractivity contribution in [2.75, 3.05) is 25.5 Å². The van der Waals surface area contributed by atoms with Crippen LogP contribution in [0.5, 0.6) is 11.5 Å². The van der Waals surface area contributed by atoms with Crippen LogP contribution in [0.15, 0.2) is 23.6 Å². The molecule has 2 N–H and O–H groups in total. The average Bonchev–Trinajstić information content (AvgIpc) is 3.74. The monoisotopic (exact) mass is 629 g/mol. The molecule has 13 heteroatoms. The van der Waals surface area contributed by atoms with Gasteiger partial charge in [0.25, 0.3) is 0 Å². The largest absolute Gasteiger partial charge is 0.495 e. The van der Waals surface area contributed by atoms with Gasteiger partial charge in [-0.25, -0.2) is 14.8 Å². The van der Waals surface area contributed by atoms with Gasteiger partial charge in [-0.2, -0.15) is 0 Å². The highest BCUT2D eigenvalue weighted by Gasteiger charge is 2.39. The predicted octanol–water partition coefficient (Wildman–Crippen LogP) is 5.45. The lowest BCUT2D eigenvalue weighted by Gasteiger charge is -2.22. The Kier molecular flexibility index (Phi) is 9.55. The second-order valence-electron chi connectivity index (χ2n) is 11.1. The molecule has 0 spiro atoms. The van der Waals surface area contributed by atoms with Crippen molar-refractivity contribution in [3.63, 3.8) is 0 Å². The number of hydrogen-bond acceptors (Lipinski definition) is 10. The normalized spacial score (nSPS) is 18.7. The van der Waals surface area contributed by atoms with E-state index in [1.807, 2.05) is 25.3 Å². The van der Waals surface area contributed by atoms with Gasteiger partial charge in [0.15, 0.2) is 10.9 Å². The zero-order chi connectivity index (χ0) is 30.7. The minimum Gasteiger partial charge on any atom is -0.495 e. The van der Waals surface area contributed by atoms with E-state index in [4.69, 9.17) is 30.8 Å². The summed E-state index contributed by atoms with van der Waals surface area (Å²) in [6.45, 7) is 5.43. The summed E-state index contributed by atoms with van der Waals surface area (Å²) in [5, 5.41) is 9.51. The van der Waals surface area contributed by atoms with Gasteiger partial charge < -0.3 is 29.7 Å². The van der Waals surface area contributed by atoms with Crippen LogP contribution >= 0.6 is 22.9 Å². The molecular weight excluding hydrogens is 594 g/mol. The fraction of sp³-hybridized carbons (Fsp3) is 0.500. The Hall–Kier alpha value is -3.64. The van der Waals surface area contributed by atoms with Crippen molar-refractivity contribution in [2.45, 2.75) is 77.2 Å². The summed E-state index contributed by atoms with van der Waals surface area (Å²) >= 11 is 8.16. The summed E-state index contributed by atoms with van der Waals surface area (Å²) in [7, 11) is 1.54. The summed E-state index contributed by atoms with van der Waals surface area (Å²) in [5.41, 5.74) is 1.70. The molecule has 3 aromatic rings. The second kappa shape index (κ2) is 13.3. The molecule has 1 aromatic carbocycles. The number of fused-ring (bicyclic) bond motifs is 1. The van der Waals surface area contributed by atoms with Crippen LogP contribution in [-0.4, -0.2) is 77.1 Å². The van der Waals surface area contributed by atoms with Gasteiger partial charge in [0.1, 0.15) is 41.0 Å². The zero-order valence-corrected chi connectivity index (χ0v) is 26.2. The highest BCUT2D eigenvalue weighted by molar-refractivity contribution is 7.14. The van der Waals surface area contributed by atoms with E-state index in [2.05, 4.69) is 15.6 Å². The van der Waals surface area contributed by atoms with E-state index in [0.717, 1.165) is 30.8 Å². The van der Waals surface area contributed by atoms with Crippen LogP contribution in [0.25, 0.3) is 22.3 Å². The molecule has 2 atom stereocenters. The van der Waals surface area contributed by atoms with Gasteiger partial charge in [-0.1, -0.05) is 11.6 Å². The van der Waals surface area contributed by atoms with Crippen molar-refractivity contribution in [3.05, 3.63) is 28.6 Å². The lowest BCUT2D eigenvalue weighted by Crippen LogP contribution is -2.45. The number of nitrogens with one attached hydrogen (secondary N) is 2. The smallest absolute Gasteiger partial charge is 0.407 e. The first-order chi connectivity index (χ1) is 20.6. The summed E-state index contributed by atoms with van der Waals surface area (Å²) in [4.78, 5) is 48.9. The van der Waals surface area contributed by atoms with Crippen LogP contribution in [0.3, 0.4) is 0 Å². The Labute approximate surface area is 259 Å².